The van der Waals surface area contributed by atoms with Crippen molar-refractivity contribution in [3.05, 3.63) is 34.9 Å². The monoisotopic (exact) mass is 280 g/mol. The van der Waals surface area contributed by atoms with E-state index >= 15 is 0 Å². The molecule has 0 radical (unpaired) electrons. The molecule has 1 fully saturated rings. The first-order valence-electron chi connectivity index (χ1n) is 7.40. The Balaban J connectivity index is 2.30. The van der Waals surface area contributed by atoms with Crippen LogP contribution in [-0.2, 0) is 5.54 Å². The lowest BCUT2D eigenvalue weighted by Crippen LogP contribution is -2.55. The van der Waals surface area contributed by atoms with Gasteiger partial charge in [-0.05, 0) is 56.5 Å². The van der Waals surface area contributed by atoms with Gasteiger partial charge < -0.3 is 5.73 Å². The van der Waals surface area contributed by atoms with Crippen molar-refractivity contribution in [3.8, 4) is 0 Å². The summed E-state index contributed by atoms with van der Waals surface area (Å²) in [4.78, 5) is 2.57. The van der Waals surface area contributed by atoms with Crippen LogP contribution >= 0.6 is 11.6 Å². The fourth-order valence-corrected chi connectivity index (χ4v) is 3.52. The summed E-state index contributed by atoms with van der Waals surface area (Å²) < 4.78 is 0. The highest BCUT2D eigenvalue weighted by molar-refractivity contribution is 6.30. The molecule has 2 unspecified atom stereocenters. The number of hydrogen-bond donors (Lipinski definition) is 1. The number of nitrogens with two attached hydrogens (primary N) is 1. The zero-order valence-electron chi connectivity index (χ0n) is 12.0. The van der Waals surface area contributed by atoms with Crippen LogP contribution in [0.2, 0.25) is 5.02 Å². The molecule has 3 heteroatoms. The third-order valence-electron chi connectivity index (χ3n) is 4.53. The number of likely N-dealkylation sites (tertiary alicyclic amines) is 1. The number of rotatable bonds is 5. The number of halogens is 1. The fourth-order valence-electron chi connectivity index (χ4n) is 3.39. The minimum Gasteiger partial charge on any atom is -0.320 e. The molecular weight excluding hydrogens is 256 g/mol. The van der Waals surface area contributed by atoms with E-state index in [1.54, 1.807) is 0 Å². The van der Waals surface area contributed by atoms with Crippen molar-refractivity contribution in [2.45, 2.75) is 51.1 Å². The molecule has 0 aliphatic carbocycles. The highest BCUT2D eigenvalue weighted by atomic mass is 35.5. The standard InChI is InChI=1S/C16H25ClN2/c1-3-15(19-11-5-6-12-19)16(18,4-2)13-7-9-14(17)10-8-13/h7-10,15H,3-6,11-12,18H2,1-2H3. The molecule has 1 aromatic rings. The Morgan fingerprint density at radius 3 is 2.26 bits per heavy atom. The molecule has 2 N–H and O–H groups in total. The van der Waals surface area contributed by atoms with E-state index in [1.807, 2.05) is 12.1 Å². The molecule has 1 saturated heterocycles. The summed E-state index contributed by atoms with van der Waals surface area (Å²) in [6.07, 6.45) is 4.64. The molecule has 1 aromatic carbocycles. The molecule has 19 heavy (non-hydrogen) atoms. The van der Waals surface area contributed by atoms with Gasteiger partial charge >= 0.3 is 0 Å². The first-order valence-corrected chi connectivity index (χ1v) is 7.78. The van der Waals surface area contributed by atoms with Gasteiger partial charge in [-0.1, -0.05) is 37.6 Å². The van der Waals surface area contributed by atoms with Crippen molar-refractivity contribution in [1.82, 2.24) is 4.90 Å². The minimum atomic E-state index is -0.274. The van der Waals surface area contributed by atoms with E-state index in [9.17, 15) is 0 Å². The maximum atomic E-state index is 6.82. The number of benzene rings is 1. The number of hydrogen-bond acceptors (Lipinski definition) is 2. The topological polar surface area (TPSA) is 29.3 Å². The van der Waals surface area contributed by atoms with Gasteiger partial charge in [-0.3, -0.25) is 4.90 Å². The predicted molar refractivity (Wildman–Crippen MR) is 82.5 cm³/mol. The van der Waals surface area contributed by atoms with Crippen LogP contribution in [0.15, 0.2) is 24.3 Å². The molecule has 0 spiro atoms. The smallest absolute Gasteiger partial charge is 0.0564 e. The Labute approximate surface area is 121 Å². The number of nitrogens with zero attached hydrogens (tertiary/aromatic N) is 1. The van der Waals surface area contributed by atoms with Gasteiger partial charge in [-0.15, -0.1) is 0 Å². The molecule has 2 rings (SSSR count). The molecule has 0 saturated carbocycles. The summed E-state index contributed by atoms with van der Waals surface area (Å²) in [7, 11) is 0. The van der Waals surface area contributed by atoms with Gasteiger partial charge in [0, 0.05) is 11.1 Å². The first-order chi connectivity index (χ1) is 9.11. The Morgan fingerprint density at radius 2 is 1.79 bits per heavy atom. The van der Waals surface area contributed by atoms with Gasteiger partial charge in [0.05, 0.1) is 5.54 Å². The Bertz CT molecular complexity index is 398. The van der Waals surface area contributed by atoms with Crippen molar-refractivity contribution in [2.75, 3.05) is 13.1 Å². The van der Waals surface area contributed by atoms with E-state index < -0.39 is 0 Å². The van der Waals surface area contributed by atoms with Crippen LogP contribution in [0.25, 0.3) is 0 Å². The third-order valence-corrected chi connectivity index (χ3v) is 4.78. The zero-order valence-corrected chi connectivity index (χ0v) is 12.8. The van der Waals surface area contributed by atoms with Crippen LogP contribution in [0.3, 0.4) is 0 Å². The van der Waals surface area contributed by atoms with Crippen molar-refractivity contribution in [3.63, 3.8) is 0 Å². The van der Waals surface area contributed by atoms with E-state index in [1.165, 1.54) is 31.5 Å². The van der Waals surface area contributed by atoms with Gasteiger partial charge in [0.2, 0.25) is 0 Å². The zero-order chi connectivity index (χ0) is 13.9. The normalized spacial score (nSPS) is 21.3. The van der Waals surface area contributed by atoms with Gasteiger partial charge in [0.1, 0.15) is 0 Å². The quantitative estimate of drug-likeness (QED) is 0.889. The van der Waals surface area contributed by atoms with Gasteiger partial charge in [0.25, 0.3) is 0 Å². The van der Waals surface area contributed by atoms with Crippen molar-refractivity contribution >= 4 is 11.6 Å². The first kappa shape index (κ1) is 14.8. The predicted octanol–water partition coefficient (Wildman–Crippen LogP) is 3.78. The average molecular weight is 281 g/mol. The van der Waals surface area contributed by atoms with E-state index in [0.29, 0.717) is 6.04 Å². The average Bonchev–Trinajstić information content (AvgIpc) is 2.94. The highest BCUT2D eigenvalue weighted by Gasteiger charge is 2.38. The molecule has 1 heterocycles. The molecule has 0 amide bonds. The summed E-state index contributed by atoms with van der Waals surface area (Å²) in [6.45, 7) is 6.81. The van der Waals surface area contributed by atoms with Gasteiger partial charge in [-0.2, -0.15) is 0 Å². The van der Waals surface area contributed by atoms with Crippen LogP contribution < -0.4 is 5.73 Å². The maximum Gasteiger partial charge on any atom is 0.0564 e. The summed E-state index contributed by atoms with van der Waals surface area (Å²) in [6, 6.07) is 8.49. The molecule has 1 aliphatic rings. The molecule has 0 bridgehead atoms. The van der Waals surface area contributed by atoms with Gasteiger partial charge in [-0.25, -0.2) is 0 Å². The fraction of sp³-hybridized carbons (Fsp3) is 0.625. The van der Waals surface area contributed by atoms with Gasteiger partial charge in [0.15, 0.2) is 0 Å². The summed E-state index contributed by atoms with van der Waals surface area (Å²) in [5.74, 6) is 0. The Hall–Kier alpha value is -0.570. The third kappa shape index (κ3) is 2.96. The molecular formula is C16H25ClN2. The van der Waals surface area contributed by atoms with E-state index in [-0.39, 0.29) is 5.54 Å². The molecule has 0 aromatic heterocycles. The summed E-state index contributed by atoms with van der Waals surface area (Å²) in [5.41, 5.74) is 7.75. The lowest BCUT2D eigenvalue weighted by molar-refractivity contribution is 0.136. The lowest BCUT2D eigenvalue weighted by Gasteiger charge is -2.42. The Morgan fingerprint density at radius 1 is 1.21 bits per heavy atom. The SMILES string of the molecule is CCC(N1CCCC1)C(N)(CC)c1ccc(Cl)cc1. The second-order valence-corrected chi connectivity index (χ2v) is 6.00. The van der Waals surface area contributed by atoms with E-state index in [4.69, 9.17) is 17.3 Å². The van der Waals surface area contributed by atoms with E-state index in [2.05, 4.69) is 30.9 Å². The summed E-state index contributed by atoms with van der Waals surface area (Å²) in [5, 5.41) is 0.774. The van der Waals surface area contributed by atoms with Crippen molar-refractivity contribution < 1.29 is 0 Å². The summed E-state index contributed by atoms with van der Waals surface area (Å²) >= 11 is 5.99. The highest BCUT2D eigenvalue weighted by Crippen LogP contribution is 2.33. The molecule has 1 aliphatic heterocycles. The molecule has 2 atom stereocenters. The van der Waals surface area contributed by atoms with Crippen LogP contribution in [0.4, 0.5) is 0 Å². The van der Waals surface area contributed by atoms with Crippen LogP contribution in [0, 0.1) is 0 Å². The van der Waals surface area contributed by atoms with E-state index in [0.717, 1.165) is 17.9 Å². The molecule has 2 nitrogen and oxygen atoms in total. The second-order valence-electron chi connectivity index (χ2n) is 5.57. The minimum absolute atomic E-state index is 0.274. The van der Waals surface area contributed by atoms with Crippen molar-refractivity contribution in [2.24, 2.45) is 5.73 Å². The second kappa shape index (κ2) is 6.25. The molecule has 106 valence electrons. The Kier molecular flexibility index (Phi) is 4.88. The largest absolute Gasteiger partial charge is 0.320 e. The van der Waals surface area contributed by atoms with Crippen LogP contribution in [-0.4, -0.2) is 24.0 Å². The lowest BCUT2D eigenvalue weighted by atomic mass is 9.79. The van der Waals surface area contributed by atoms with Crippen LogP contribution in [0.5, 0.6) is 0 Å². The van der Waals surface area contributed by atoms with Crippen LogP contribution in [0.1, 0.15) is 45.1 Å². The maximum absolute atomic E-state index is 6.82. The van der Waals surface area contributed by atoms with Crippen molar-refractivity contribution in [1.29, 1.82) is 0 Å².